The van der Waals surface area contributed by atoms with Gasteiger partial charge in [-0.25, -0.2) is 0 Å². The van der Waals surface area contributed by atoms with Crippen LogP contribution in [0.2, 0.25) is 5.02 Å². The molecule has 0 saturated heterocycles. The van der Waals surface area contributed by atoms with E-state index >= 15 is 0 Å². The summed E-state index contributed by atoms with van der Waals surface area (Å²) in [4.78, 5) is 4.20. The van der Waals surface area contributed by atoms with Crippen LogP contribution >= 0.6 is 11.6 Å². The smallest absolute Gasteiger partial charge is 0.0589 e. The summed E-state index contributed by atoms with van der Waals surface area (Å²) in [5.74, 6) is 0. The predicted molar refractivity (Wildman–Crippen MR) is 64.1 cm³/mol. The molecule has 0 aromatic carbocycles. The monoisotopic (exact) mass is 227 g/mol. The quantitative estimate of drug-likeness (QED) is 0.728. The summed E-state index contributed by atoms with van der Waals surface area (Å²) in [7, 11) is 0. The number of nitrogens with zero attached hydrogens (tertiary/aromatic N) is 1. The van der Waals surface area contributed by atoms with Gasteiger partial charge in [0, 0.05) is 31.9 Å². The number of aromatic nitrogens is 1. The number of pyridine rings is 1. The van der Waals surface area contributed by atoms with E-state index in [0.717, 1.165) is 25.3 Å². The molecule has 2 N–H and O–H groups in total. The van der Waals surface area contributed by atoms with Gasteiger partial charge in [0.15, 0.2) is 0 Å². The second-order valence-corrected chi connectivity index (χ2v) is 4.19. The lowest BCUT2D eigenvalue weighted by Gasteiger charge is -2.08. The van der Waals surface area contributed by atoms with Gasteiger partial charge in [-0.05, 0) is 12.1 Å². The predicted octanol–water partition coefficient (Wildman–Crippen LogP) is 1.82. The highest BCUT2D eigenvalue weighted by molar-refractivity contribution is 6.30. The van der Waals surface area contributed by atoms with Crippen molar-refractivity contribution in [1.82, 2.24) is 15.6 Å². The standard InChI is InChI=1S/C11H18ClN3/c1-9(2)14-6-5-13-8-11-4-3-10(12)7-15-11/h3-4,7,9,13-14H,5-6,8H2,1-2H3. The molecule has 0 aliphatic rings. The van der Waals surface area contributed by atoms with Crippen LogP contribution in [0.3, 0.4) is 0 Å². The van der Waals surface area contributed by atoms with Gasteiger partial charge in [0.25, 0.3) is 0 Å². The van der Waals surface area contributed by atoms with Crippen molar-refractivity contribution in [3.05, 3.63) is 29.0 Å². The summed E-state index contributed by atoms with van der Waals surface area (Å²) in [5.41, 5.74) is 1.02. The fourth-order valence-corrected chi connectivity index (χ4v) is 1.29. The molecule has 15 heavy (non-hydrogen) atoms. The summed E-state index contributed by atoms with van der Waals surface area (Å²) >= 11 is 5.74. The highest BCUT2D eigenvalue weighted by Gasteiger charge is 1.95. The third-order valence-electron chi connectivity index (χ3n) is 1.95. The SMILES string of the molecule is CC(C)NCCNCc1ccc(Cl)cn1. The molecule has 0 fully saturated rings. The lowest BCUT2D eigenvalue weighted by molar-refractivity contribution is 0.553. The van der Waals surface area contributed by atoms with Crippen LogP contribution in [-0.4, -0.2) is 24.1 Å². The Balaban J connectivity index is 2.12. The summed E-state index contributed by atoms with van der Waals surface area (Å²) < 4.78 is 0. The van der Waals surface area contributed by atoms with Gasteiger partial charge in [0.05, 0.1) is 10.7 Å². The first-order valence-corrected chi connectivity index (χ1v) is 5.61. The highest BCUT2D eigenvalue weighted by atomic mass is 35.5. The minimum Gasteiger partial charge on any atom is -0.313 e. The molecule has 0 saturated carbocycles. The van der Waals surface area contributed by atoms with Gasteiger partial charge in [0.2, 0.25) is 0 Å². The number of nitrogens with one attached hydrogen (secondary N) is 2. The molecule has 1 aromatic heterocycles. The molecular weight excluding hydrogens is 210 g/mol. The lowest BCUT2D eigenvalue weighted by Crippen LogP contribution is -2.31. The van der Waals surface area contributed by atoms with Crippen molar-refractivity contribution >= 4 is 11.6 Å². The van der Waals surface area contributed by atoms with Crippen molar-refractivity contribution in [2.75, 3.05) is 13.1 Å². The van der Waals surface area contributed by atoms with E-state index in [1.807, 2.05) is 12.1 Å². The van der Waals surface area contributed by atoms with Gasteiger partial charge in [-0.1, -0.05) is 25.4 Å². The third kappa shape index (κ3) is 5.72. The summed E-state index contributed by atoms with van der Waals surface area (Å²) in [5, 5.41) is 7.33. The van der Waals surface area contributed by atoms with Gasteiger partial charge in [-0.15, -0.1) is 0 Å². The maximum atomic E-state index is 5.74. The number of halogens is 1. The minimum atomic E-state index is 0.542. The van der Waals surface area contributed by atoms with Crippen molar-refractivity contribution in [3.63, 3.8) is 0 Å². The van der Waals surface area contributed by atoms with E-state index < -0.39 is 0 Å². The zero-order valence-corrected chi connectivity index (χ0v) is 10.0. The highest BCUT2D eigenvalue weighted by Crippen LogP contribution is 2.05. The summed E-state index contributed by atoms with van der Waals surface area (Å²) in [6, 6.07) is 4.34. The molecule has 1 heterocycles. The molecule has 0 spiro atoms. The first-order valence-electron chi connectivity index (χ1n) is 5.23. The molecule has 3 nitrogen and oxygen atoms in total. The molecule has 4 heteroatoms. The Morgan fingerprint density at radius 1 is 1.33 bits per heavy atom. The first kappa shape index (κ1) is 12.4. The van der Waals surface area contributed by atoms with Gasteiger partial charge in [0.1, 0.15) is 0 Å². The Hall–Kier alpha value is -0.640. The van der Waals surface area contributed by atoms with Gasteiger partial charge in [-0.3, -0.25) is 4.98 Å². The molecule has 0 aliphatic carbocycles. The van der Waals surface area contributed by atoms with E-state index in [4.69, 9.17) is 11.6 Å². The molecular formula is C11H18ClN3. The molecule has 0 amide bonds. The molecule has 0 atom stereocenters. The Morgan fingerprint density at radius 3 is 2.73 bits per heavy atom. The van der Waals surface area contributed by atoms with Crippen LogP contribution in [0.5, 0.6) is 0 Å². The van der Waals surface area contributed by atoms with E-state index in [9.17, 15) is 0 Å². The van der Waals surface area contributed by atoms with Gasteiger partial charge in [-0.2, -0.15) is 0 Å². The minimum absolute atomic E-state index is 0.542. The van der Waals surface area contributed by atoms with Crippen LogP contribution in [0.15, 0.2) is 18.3 Å². The van der Waals surface area contributed by atoms with Crippen LogP contribution in [0, 0.1) is 0 Å². The molecule has 0 aliphatic heterocycles. The van der Waals surface area contributed by atoms with Gasteiger partial charge < -0.3 is 10.6 Å². The van der Waals surface area contributed by atoms with Crippen molar-refractivity contribution in [2.45, 2.75) is 26.4 Å². The normalized spacial score (nSPS) is 10.9. The topological polar surface area (TPSA) is 37.0 Å². The molecule has 0 bridgehead atoms. The van der Waals surface area contributed by atoms with Crippen LogP contribution < -0.4 is 10.6 Å². The fourth-order valence-electron chi connectivity index (χ4n) is 1.18. The number of hydrogen-bond acceptors (Lipinski definition) is 3. The Kier molecular flexibility index (Phi) is 5.61. The van der Waals surface area contributed by atoms with Crippen LogP contribution in [0.25, 0.3) is 0 Å². The van der Waals surface area contributed by atoms with E-state index in [0.29, 0.717) is 11.1 Å². The first-order chi connectivity index (χ1) is 7.18. The van der Waals surface area contributed by atoms with Crippen LogP contribution in [0.4, 0.5) is 0 Å². The molecule has 1 aromatic rings. The third-order valence-corrected chi connectivity index (χ3v) is 2.17. The summed E-state index contributed by atoms with van der Waals surface area (Å²) in [6.45, 7) is 6.99. The Bertz CT molecular complexity index is 272. The molecule has 0 unspecified atom stereocenters. The van der Waals surface area contributed by atoms with Crippen molar-refractivity contribution < 1.29 is 0 Å². The van der Waals surface area contributed by atoms with E-state index in [1.54, 1.807) is 6.20 Å². The van der Waals surface area contributed by atoms with E-state index in [2.05, 4.69) is 29.5 Å². The molecule has 0 radical (unpaired) electrons. The van der Waals surface area contributed by atoms with Crippen LogP contribution in [-0.2, 0) is 6.54 Å². The van der Waals surface area contributed by atoms with Gasteiger partial charge >= 0.3 is 0 Å². The average molecular weight is 228 g/mol. The van der Waals surface area contributed by atoms with Crippen molar-refractivity contribution in [1.29, 1.82) is 0 Å². The Morgan fingerprint density at radius 2 is 2.13 bits per heavy atom. The van der Waals surface area contributed by atoms with Crippen LogP contribution in [0.1, 0.15) is 19.5 Å². The van der Waals surface area contributed by atoms with E-state index in [1.165, 1.54) is 0 Å². The summed E-state index contributed by atoms with van der Waals surface area (Å²) in [6.07, 6.45) is 1.67. The lowest BCUT2D eigenvalue weighted by atomic mass is 10.3. The number of rotatable bonds is 6. The average Bonchev–Trinajstić information content (AvgIpc) is 2.20. The zero-order chi connectivity index (χ0) is 11.1. The molecule has 84 valence electrons. The van der Waals surface area contributed by atoms with E-state index in [-0.39, 0.29) is 0 Å². The second-order valence-electron chi connectivity index (χ2n) is 3.75. The van der Waals surface area contributed by atoms with Crippen molar-refractivity contribution in [3.8, 4) is 0 Å². The molecule has 1 rings (SSSR count). The zero-order valence-electron chi connectivity index (χ0n) is 9.26. The maximum absolute atomic E-state index is 5.74. The van der Waals surface area contributed by atoms with Crippen molar-refractivity contribution in [2.24, 2.45) is 0 Å². The maximum Gasteiger partial charge on any atom is 0.0589 e. The fraction of sp³-hybridized carbons (Fsp3) is 0.545. The largest absolute Gasteiger partial charge is 0.313 e. The Labute approximate surface area is 96.2 Å². The second kappa shape index (κ2) is 6.77. The number of hydrogen-bond donors (Lipinski definition) is 2.